The van der Waals surface area contributed by atoms with Crippen LogP contribution in [0.25, 0.3) is 11.5 Å². The second-order valence-corrected chi connectivity index (χ2v) is 5.11. The molecule has 1 aliphatic rings. The van der Waals surface area contributed by atoms with Crippen LogP contribution in [-0.2, 0) is 6.42 Å². The van der Waals surface area contributed by atoms with E-state index in [4.69, 9.17) is 18.7 Å². The lowest BCUT2D eigenvalue weighted by Crippen LogP contribution is -2.24. The molecule has 0 aliphatic carbocycles. The number of aromatic nitrogens is 2. The predicted molar refractivity (Wildman–Crippen MR) is 79.5 cm³/mol. The first-order valence-electron chi connectivity index (χ1n) is 7.19. The maximum Gasteiger partial charge on any atom is 0.258 e. The number of methoxy groups -OCH3 is 1. The summed E-state index contributed by atoms with van der Waals surface area (Å²) in [5, 5.41) is 7.15. The molecule has 2 aromatic rings. The van der Waals surface area contributed by atoms with Gasteiger partial charge in [-0.05, 0) is 26.1 Å². The van der Waals surface area contributed by atoms with Gasteiger partial charge in [-0.3, -0.25) is 0 Å². The van der Waals surface area contributed by atoms with Crippen molar-refractivity contribution in [1.29, 1.82) is 0 Å². The summed E-state index contributed by atoms with van der Waals surface area (Å²) < 4.78 is 21.9. The van der Waals surface area contributed by atoms with Gasteiger partial charge in [-0.1, -0.05) is 5.16 Å². The van der Waals surface area contributed by atoms with Crippen LogP contribution in [0.5, 0.6) is 17.2 Å². The molecule has 1 unspecified atom stereocenters. The van der Waals surface area contributed by atoms with Crippen LogP contribution >= 0.6 is 0 Å². The zero-order valence-corrected chi connectivity index (χ0v) is 12.9. The Morgan fingerprint density at radius 3 is 2.91 bits per heavy atom. The fourth-order valence-electron chi connectivity index (χ4n) is 2.23. The van der Waals surface area contributed by atoms with Gasteiger partial charge in [0.05, 0.1) is 7.11 Å². The highest BCUT2D eigenvalue weighted by Gasteiger charge is 2.21. The summed E-state index contributed by atoms with van der Waals surface area (Å²) >= 11 is 0. The summed E-state index contributed by atoms with van der Waals surface area (Å²) in [6.45, 7) is 3.08. The molecule has 0 spiro atoms. The Morgan fingerprint density at radius 2 is 2.14 bits per heavy atom. The summed E-state index contributed by atoms with van der Waals surface area (Å²) in [5.41, 5.74) is 0.747. The summed E-state index contributed by atoms with van der Waals surface area (Å²) in [6.07, 6.45) is 0.696. The molecule has 0 radical (unpaired) electrons. The van der Waals surface area contributed by atoms with Gasteiger partial charge >= 0.3 is 0 Å². The van der Waals surface area contributed by atoms with E-state index in [2.05, 4.69) is 22.4 Å². The van der Waals surface area contributed by atoms with Gasteiger partial charge in [0, 0.05) is 18.0 Å². The van der Waals surface area contributed by atoms with Gasteiger partial charge < -0.3 is 24.1 Å². The van der Waals surface area contributed by atoms with E-state index in [-0.39, 0.29) is 6.04 Å². The van der Waals surface area contributed by atoms with Crippen molar-refractivity contribution >= 4 is 0 Å². The number of nitrogens with zero attached hydrogens (tertiary/aromatic N) is 2. The van der Waals surface area contributed by atoms with Crippen LogP contribution in [0.1, 0.15) is 12.7 Å². The highest BCUT2D eigenvalue weighted by molar-refractivity contribution is 5.66. The molecule has 0 fully saturated rings. The number of nitrogens with one attached hydrogen (secondary N) is 1. The molecule has 1 N–H and O–H groups in total. The van der Waals surface area contributed by atoms with E-state index in [0.717, 1.165) is 5.56 Å². The Labute approximate surface area is 128 Å². The maximum atomic E-state index is 5.61. The largest absolute Gasteiger partial charge is 0.493 e. The van der Waals surface area contributed by atoms with Crippen molar-refractivity contribution in [2.24, 2.45) is 0 Å². The van der Waals surface area contributed by atoms with Crippen LogP contribution < -0.4 is 19.5 Å². The highest BCUT2D eigenvalue weighted by atomic mass is 16.6. The molecular weight excluding hydrogens is 286 g/mol. The summed E-state index contributed by atoms with van der Waals surface area (Å²) in [7, 11) is 3.49. The molecule has 0 bridgehead atoms. The lowest BCUT2D eigenvalue weighted by Gasteiger charge is -2.20. The SMILES string of the molecule is CNC(C)Cc1noc(-c2cc(OC)c3c(c2)OCCO3)n1. The summed E-state index contributed by atoms with van der Waals surface area (Å²) in [5.74, 6) is 2.93. The van der Waals surface area contributed by atoms with Gasteiger partial charge in [0.25, 0.3) is 5.89 Å². The molecule has 118 valence electrons. The Kier molecular flexibility index (Phi) is 4.15. The van der Waals surface area contributed by atoms with E-state index in [1.807, 2.05) is 19.2 Å². The van der Waals surface area contributed by atoms with Crippen LogP contribution in [0, 0.1) is 0 Å². The van der Waals surface area contributed by atoms with Crippen LogP contribution in [0.4, 0.5) is 0 Å². The van der Waals surface area contributed by atoms with E-state index in [1.165, 1.54) is 0 Å². The molecule has 7 heteroatoms. The van der Waals surface area contributed by atoms with Gasteiger partial charge in [-0.15, -0.1) is 0 Å². The second kappa shape index (κ2) is 6.23. The number of hydrogen-bond donors (Lipinski definition) is 1. The summed E-state index contributed by atoms with van der Waals surface area (Å²) in [6, 6.07) is 3.92. The number of rotatable bonds is 5. The molecule has 22 heavy (non-hydrogen) atoms. The van der Waals surface area contributed by atoms with Crippen LogP contribution in [0.15, 0.2) is 16.7 Å². The number of ether oxygens (including phenoxy) is 3. The van der Waals surface area contributed by atoms with Gasteiger partial charge in [-0.2, -0.15) is 4.98 Å². The number of hydrogen-bond acceptors (Lipinski definition) is 7. The molecule has 3 rings (SSSR count). The average Bonchev–Trinajstić information content (AvgIpc) is 3.02. The van der Waals surface area contributed by atoms with Crippen molar-refractivity contribution in [3.05, 3.63) is 18.0 Å². The van der Waals surface area contributed by atoms with Gasteiger partial charge in [0.2, 0.25) is 5.75 Å². The second-order valence-electron chi connectivity index (χ2n) is 5.11. The van der Waals surface area contributed by atoms with Crippen LogP contribution in [0.2, 0.25) is 0 Å². The van der Waals surface area contributed by atoms with E-state index in [0.29, 0.717) is 48.6 Å². The van der Waals surface area contributed by atoms with Crippen molar-refractivity contribution in [1.82, 2.24) is 15.5 Å². The Balaban J connectivity index is 1.91. The molecule has 0 saturated carbocycles. The zero-order chi connectivity index (χ0) is 15.5. The van der Waals surface area contributed by atoms with Crippen LogP contribution in [0.3, 0.4) is 0 Å². The third-order valence-corrected chi connectivity index (χ3v) is 3.52. The number of fused-ring (bicyclic) bond motifs is 1. The van der Waals surface area contributed by atoms with E-state index in [9.17, 15) is 0 Å². The average molecular weight is 305 g/mol. The number of likely N-dealkylation sites (N-methyl/N-ethyl adjacent to an activating group) is 1. The Morgan fingerprint density at radius 1 is 1.32 bits per heavy atom. The Hall–Kier alpha value is -2.28. The molecule has 1 aromatic heterocycles. The first-order chi connectivity index (χ1) is 10.7. The lowest BCUT2D eigenvalue weighted by molar-refractivity contribution is 0.165. The van der Waals surface area contributed by atoms with Crippen molar-refractivity contribution in [2.75, 3.05) is 27.4 Å². The monoisotopic (exact) mass is 305 g/mol. The minimum Gasteiger partial charge on any atom is -0.493 e. The zero-order valence-electron chi connectivity index (χ0n) is 12.9. The fourth-order valence-corrected chi connectivity index (χ4v) is 2.23. The maximum absolute atomic E-state index is 5.61. The van der Waals surface area contributed by atoms with Crippen molar-refractivity contribution < 1.29 is 18.7 Å². The van der Waals surface area contributed by atoms with E-state index >= 15 is 0 Å². The lowest BCUT2D eigenvalue weighted by atomic mass is 10.1. The topological polar surface area (TPSA) is 78.6 Å². The highest BCUT2D eigenvalue weighted by Crippen LogP contribution is 2.42. The fraction of sp³-hybridized carbons (Fsp3) is 0.467. The normalized spacial score (nSPS) is 14.7. The van der Waals surface area contributed by atoms with Gasteiger partial charge in [0.15, 0.2) is 17.3 Å². The molecule has 2 heterocycles. The number of benzene rings is 1. The first kappa shape index (κ1) is 14.6. The van der Waals surface area contributed by atoms with Gasteiger partial charge in [-0.25, -0.2) is 0 Å². The molecule has 7 nitrogen and oxygen atoms in total. The molecule has 1 atom stereocenters. The van der Waals surface area contributed by atoms with Crippen molar-refractivity contribution in [3.8, 4) is 28.7 Å². The molecular formula is C15H19N3O4. The minimum absolute atomic E-state index is 0.278. The van der Waals surface area contributed by atoms with E-state index in [1.54, 1.807) is 7.11 Å². The first-order valence-corrected chi connectivity index (χ1v) is 7.19. The molecule has 1 aromatic carbocycles. The standard InChI is InChI=1S/C15H19N3O4/c1-9(16-2)6-13-17-15(22-18-13)10-7-11(19-3)14-12(8-10)20-4-5-21-14/h7-9,16H,4-6H2,1-3H3. The van der Waals surface area contributed by atoms with Crippen molar-refractivity contribution in [2.45, 2.75) is 19.4 Å². The quantitative estimate of drug-likeness (QED) is 0.900. The predicted octanol–water partition coefficient (Wildman–Crippen LogP) is 1.67. The van der Waals surface area contributed by atoms with Crippen LogP contribution in [-0.4, -0.2) is 43.6 Å². The molecule has 0 saturated heterocycles. The minimum atomic E-state index is 0.278. The van der Waals surface area contributed by atoms with Crippen molar-refractivity contribution in [3.63, 3.8) is 0 Å². The van der Waals surface area contributed by atoms with E-state index < -0.39 is 0 Å². The Bertz CT molecular complexity index is 639. The van der Waals surface area contributed by atoms with Gasteiger partial charge in [0.1, 0.15) is 13.2 Å². The molecule has 0 amide bonds. The third-order valence-electron chi connectivity index (χ3n) is 3.52. The molecule has 1 aliphatic heterocycles. The smallest absolute Gasteiger partial charge is 0.258 e. The third kappa shape index (κ3) is 2.85. The summed E-state index contributed by atoms with van der Waals surface area (Å²) in [4.78, 5) is 4.42.